The molecule has 2 aromatic rings. The van der Waals surface area contributed by atoms with E-state index in [0.717, 1.165) is 62.5 Å². The van der Waals surface area contributed by atoms with Gasteiger partial charge >= 0.3 is 0 Å². The molecule has 0 radical (unpaired) electrons. The zero-order chi connectivity index (χ0) is 25.4. The largest absolute Gasteiger partial charge is 0.379 e. The first-order valence-electron chi connectivity index (χ1n) is 11.9. The van der Waals surface area contributed by atoms with Crippen molar-refractivity contribution in [2.75, 3.05) is 38.2 Å². The van der Waals surface area contributed by atoms with Gasteiger partial charge in [-0.2, -0.15) is 0 Å². The number of benzene rings is 1. The van der Waals surface area contributed by atoms with Crippen LogP contribution in [0.4, 0.5) is 13.9 Å². The van der Waals surface area contributed by atoms with E-state index in [2.05, 4.69) is 39.6 Å². The van der Waals surface area contributed by atoms with Crippen molar-refractivity contribution < 1.29 is 23.1 Å². The van der Waals surface area contributed by atoms with Gasteiger partial charge in [-0.05, 0) is 37.1 Å². The minimum absolute atomic E-state index is 0.198. The van der Waals surface area contributed by atoms with Gasteiger partial charge < -0.3 is 10.1 Å². The van der Waals surface area contributed by atoms with E-state index in [9.17, 15) is 18.4 Å². The van der Waals surface area contributed by atoms with E-state index < -0.39 is 29.5 Å². The first-order valence-corrected chi connectivity index (χ1v) is 12.7. The van der Waals surface area contributed by atoms with Crippen LogP contribution in [0.3, 0.4) is 0 Å². The van der Waals surface area contributed by atoms with Crippen molar-refractivity contribution in [1.29, 1.82) is 0 Å². The molecule has 1 aliphatic heterocycles. The number of rotatable bonds is 11. The molecule has 1 aromatic carbocycles. The lowest BCUT2D eigenvalue weighted by atomic mass is 9.90. The maximum Gasteiger partial charge on any atom is 0.248 e. The van der Waals surface area contributed by atoms with Crippen LogP contribution in [0.5, 0.6) is 0 Å². The molecule has 192 valence electrons. The van der Waals surface area contributed by atoms with E-state index >= 15 is 0 Å². The fourth-order valence-corrected chi connectivity index (χ4v) is 4.69. The van der Waals surface area contributed by atoms with Gasteiger partial charge in [-0.15, -0.1) is 10.2 Å². The first kappa shape index (κ1) is 27.1. The smallest absolute Gasteiger partial charge is 0.248 e. The van der Waals surface area contributed by atoms with Gasteiger partial charge in [-0.25, -0.2) is 8.78 Å². The lowest BCUT2D eigenvalue weighted by Gasteiger charge is -2.30. The van der Waals surface area contributed by atoms with Crippen molar-refractivity contribution >= 4 is 28.3 Å². The Morgan fingerprint density at radius 1 is 1.17 bits per heavy atom. The summed E-state index contributed by atoms with van der Waals surface area (Å²) in [5.41, 5.74) is -0.0142. The average molecular weight is 510 g/mol. The number of hydrogen-bond acceptors (Lipinski definition) is 7. The Labute approximate surface area is 208 Å². The molecule has 8 nitrogen and oxygen atoms in total. The molecule has 35 heavy (non-hydrogen) atoms. The van der Waals surface area contributed by atoms with E-state index in [-0.39, 0.29) is 17.4 Å². The Kier molecular flexibility index (Phi) is 9.64. The number of nitrogens with zero attached hydrogens (tertiary/aromatic N) is 3. The molecule has 1 aromatic heterocycles. The summed E-state index contributed by atoms with van der Waals surface area (Å²) in [4.78, 5) is 27.7. The zero-order valence-electron chi connectivity index (χ0n) is 20.4. The Morgan fingerprint density at radius 3 is 2.51 bits per heavy atom. The average Bonchev–Trinajstić information content (AvgIpc) is 3.27. The maximum absolute atomic E-state index is 13.4. The van der Waals surface area contributed by atoms with Crippen LogP contribution in [0.15, 0.2) is 18.2 Å². The van der Waals surface area contributed by atoms with E-state index in [4.69, 9.17) is 4.74 Å². The van der Waals surface area contributed by atoms with Crippen molar-refractivity contribution in [2.45, 2.75) is 57.9 Å². The SMILES string of the molecule is CCCC(NC(=O)Cc1cc(F)cc(F)c1)C(=O)Nc1nnc(C(C)(C)CCN2CCOCC2)s1. The molecule has 0 aliphatic carbocycles. The molecule has 2 N–H and O–H groups in total. The quantitative estimate of drug-likeness (QED) is 0.483. The van der Waals surface area contributed by atoms with E-state index in [1.807, 2.05) is 6.92 Å². The fraction of sp³-hybridized carbons (Fsp3) is 0.583. The predicted octanol–water partition coefficient (Wildman–Crippen LogP) is 3.28. The predicted molar refractivity (Wildman–Crippen MR) is 130 cm³/mol. The van der Waals surface area contributed by atoms with Crippen LogP contribution in [0.1, 0.15) is 50.6 Å². The molecule has 3 rings (SSSR count). The summed E-state index contributed by atoms with van der Waals surface area (Å²) in [7, 11) is 0. The maximum atomic E-state index is 13.4. The third-order valence-corrected chi connectivity index (χ3v) is 7.11. The summed E-state index contributed by atoms with van der Waals surface area (Å²) < 4.78 is 32.2. The summed E-state index contributed by atoms with van der Waals surface area (Å²) in [6, 6.07) is 2.14. The summed E-state index contributed by atoms with van der Waals surface area (Å²) in [5.74, 6) is -2.41. The number of halogens is 2. The molecule has 1 fully saturated rings. The van der Waals surface area contributed by atoms with E-state index in [1.54, 1.807) is 0 Å². The van der Waals surface area contributed by atoms with Gasteiger partial charge in [-0.3, -0.25) is 19.8 Å². The number of carbonyl (C=O) groups excluding carboxylic acids is 2. The highest BCUT2D eigenvalue weighted by Gasteiger charge is 2.28. The normalized spacial score (nSPS) is 15.6. The molecular formula is C24H33F2N5O3S. The van der Waals surface area contributed by atoms with Crippen LogP contribution < -0.4 is 10.6 Å². The molecule has 1 atom stereocenters. The fourth-order valence-electron chi connectivity index (χ4n) is 3.81. The summed E-state index contributed by atoms with van der Waals surface area (Å²) >= 11 is 1.32. The van der Waals surface area contributed by atoms with Crippen molar-refractivity contribution in [2.24, 2.45) is 0 Å². The molecular weight excluding hydrogens is 476 g/mol. The summed E-state index contributed by atoms with van der Waals surface area (Å²) in [6.07, 6.45) is 1.72. The third kappa shape index (κ3) is 8.29. The number of anilines is 1. The van der Waals surface area contributed by atoms with Crippen LogP contribution in [0, 0.1) is 11.6 Å². The van der Waals surface area contributed by atoms with Crippen molar-refractivity contribution in [1.82, 2.24) is 20.4 Å². The molecule has 1 saturated heterocycles. The number of hydrogen-bond donors (Lipinski definition) is 2. The van der Waals surface area contributed by atoms with Gasteiger partial charge in [0.05, 0.1) is 19.6 Å². The molecule has 11 heteroatoms. The lowest BCUT2D eigenvalue weighted by Crippen LogP contribution is -2.44. The van der Waals surface area contributed by atoms with Gasteiger partial charge in [0.2, 0.25) is 16.9 Å². The molecule has 2 heterocycles. The van der Waals surface area contributed by atoms with Crippen LogP contribution in [0.25, 0.3) is 0 Å². The van der Waals surface area contributed by atoms with Gasteiger partial charge in [0.15, 0.2) is 0 Å². The monoisotopic (exact) mass is 509 g/mol. The lowest BCUT2D eigenvalue weighted by molar-refractivity contribution is -0.126. The first-order chi connectivity index (χ1) is 16.7. The Balaban J connectivity index is 1.56. The molecule has 2 amide bonds. The molecule has 0 saturated carbocycles. The van der Waals surface area contributed by atoms with Gasteiger partial charge in [0, 0.05) is 24.6 Å². The third-order valence-electron chi connectivity index (χ3n) is 5.91. The number of amides is 2. The standard InChI is InChI=1S/C24H33F2N5O3S/c1-4-5-19(27-20(32)14-16-12-17(25)15-18(26)13-16)21(33)28-23-30-29-22(35-23)24(2,3)6-7-31-8-10-34-11-9-31/h12-13,15,19H,4-11,14H2,1-3H3,(H,27,32)(H,28,30,33). The van der Waals surface area contributed by atoms with Crippen molar-refractivity contribution in [3.05, 3.63) is 40.4 Å². The van der Waals surface area contributed by atoms with Crippen LogP contribution >= 0.6 is 11.3 Å². The van der Waals surface area contributed by atoms with Crippen LogP contribution in [0.2, 0.25) is 0 Å². The number of aromatic nitrogens is 2. The van der Waals surface area contributed by atoms with E-state index in [1.165, 1.54) is 11.3 Å². The summed E-state index contributed by atoms with van der Waals surface area (Å²) in [6.45, 7) is 10.4. The highest BCUT2D eigenvalue weighted by Crippen LogP contribution is 2.31. The highest BCUT2D eigenvalue weighted by molar-refractivity contribution is 7.15. The molecule has 1 aliphatic rings. The molecule has 1 unspecified atom stereocenters. The van der Waals surface area contributed by atoms with Gasteiger partial charge in [0.25, 0.3) is 0 Å². The van der Waals surface area contributed by atoms with Crippen molar-refractivity contribution in [3.8, 4) is 0 Å². The Bertz CT molecular complexity index is 991. The minimum Gasteiger partial charge on any atom is -0.379 e. The Hall–Kier alpha value is -2.50. The number of morpholine rings is 1. The molecule has 0 spiro atoms. The van der Waals surface area contributed by atoms with E-state index in [0.29, 0.717) is 18.0 Å². The highest BCUT2D eigenvalue weighted by atomic mass is 32.1. The van der Waals surface area contributed by atoms with Gasteiger partial charge in [0.1, 0.15) is 22.7 Å². The number of ether oxygens (including phenoxy) is 1. The number of nitrogens with one attached hydrogen (secondary N) is 2. The molecule has 0 bridgehead atoms. The number of carbonyl (C=O) groups is 2. The topological polar surface area (TPSA) is 96.5 Å². The second-order valence-electron chi connectivity index (χ2n) is 9.35. The summed E-state index contributed by atoms with van der Waals surface area (Å²) in [5, 5.41) is 15.0. The zero-order valence-corrected chi connectivity index (χ0v) is 21.2. The van der Waals surface area contributed by atoms with Gasteiger partial charge in [-0.1, -0.05) is 38.5 Å². The minimum atomic E-state index is -0.799. The Morgan fingerprint density at radius 2 is 1.86 bits per heavy atom. The van der Waals surface area contributed by atoms with Crippen LogP contribution in [-0.2, 0) is 26.2 Å². The second-order valence-corrected chi connectivity index (χ2v) is 10.3. The van der Waals surface area contributed by atoms with Crippen LogP contribution in [-0.4, -0.2) is 65.8 Å². The second kappa shape index (κ2) is 12.5. The van der Waals surface area contributed by atoms with Crippen molar-refractivity contribution in [3.63, 3.8) is 0 Å².